The Bertz CT molecular complexity index is 1050. The van der Waals surface area contributed by atoms with Gasteiger partial charge < -0.3 is 25.4 Å². The molecule has 196 valence electrons. The minimum Gasteiger partial charge on any atom is -0.483 e. The number of aryl methyl sites for hydroxylation is 1. The van der Waals surface area contributed by atoms with Crippen LogP contribution < -0.4 is 20.7 Å². The van der Waals surface area contributed by atoms with Gasteiger partial charge in [-0.2, -0.15) is 0 Å². The maximum atomic E-state index is 12.4. The first-order valence-electron chi connectivity index (χ1n) is 12.1. The van der Waals surface area contributed by atoms with Gasteiger partial charge in [0.1, 0.15) is 11.4 Å². The lowest BCUT2D eigenvalue weighted by Gasteiger charge is -2.23. The molecule has 3 amide bonds. The maximum Gasteiger partial charge on any atom is 0.407 e. The van der Waals surface area contributed by atoms with Gasteiger partial charge in [-0.1, -0.05) is 50.6 Å². The molecule has 0 unspecified atom stereocenters. The number of alkyl carbamates (subject to hydrolysis) is 1. The van der Waals surface area contributed by atoms with Crippen molar-refractivity contribution >= 4 is 23.6 Å². The Labute approximate surface area is 214 Å². The van der Waals surface area contributed by atoms with Crippen LogP contribution in [0.25, 0.3) is 0 Å². The van der Waals surface area contributed by atoms with Crippen LogP contribution in [0, 0.1) is 6.92 Å². The fraction of sp³-hybridized carbons (Fsp3) is 0.464. The Morgan fingerprint density at radius 1 is 0.861 bits per heavy atom. The van der Waals surface area contributed by atoms with Crippen molar-refractivity contribution < 1.29 is 23.9 Å². The number of amides is 3. The minimum atomic E-state index is -0.581. The molecule has 0 aromatic heterocycles. The Morgan fingerprint density at radius 3 is 2.14 bits per heavy atom. The van der Waals surface area contributed by atoms with Gasteiger partial charge >= 0.3 is 6.09 Å². The summed E-state index contributed by atoms with van der Waals surface area (Å²) in [6.45, 7) is 14.1. The highest BCUT2D eigenvalue weighted by Crippen LogP contribution is 2.32. The van der Waals surface area contributed by atoms with Crippen LogP contribution in [0.2, 0.25) is 0 Å². The highest BCUT2D eigenvalue weighted by molar-refractivity contribution is 5.91. The summed E-state index contributed by atoms with van der Waals surface area (Å²) in [6, 6.07) is 13.2. The summed E-state index contributed by atoms with van der Waals surface area (Å²) in [4.78, 5) is 36.0. The molecule has 0 fully saturated rings. The van der Waals surface area contributed by atoms with E-state index in [9.17, 15) is 14.4 Å². The van der Waals surface area contributed by atoms with Crippen molar-refractivity contribution in [1.82, 2.24) is 10.6 Å². The number of benzene rings is 2. The molecule has 0 heterocycles. The molecule has 0 bridgehead atoms. The summed E-state index contributed by atoms with van der Waals surface area (Å²) in [5, 5.41) is 8.18. The van der Waals surface area contributed by atoms with Gasteiger partial charge in [0.25, 0.3) is 5.91 Å². The molecule has 0 aliphatic heterocycles. The first-order chi connectivity index (χ1) is 16.7. The van der Waals surface area contributed by atoms with E-state index in [4.69, 9.17) is 9.47 Å². The zero-order valence-corrected chi connectivity index (χ0v) is 22.4. The van der Waals surface area contributed by atoms with Gasteiger partial charge in [0.15, 0.2) is 6.61 Å². The van der Waals surface area contributed by atoms with E-state index in [1.54, 1.807) is 32.9 Å². The molecule has 36 heavy (non-hydrogen) atoms. The lowest BCUT2D eigenvalue weighted by Crippen LogP contribution is -2.35. The molecule has 0 aliphatic rings. The van der Waals surface area contributed by atoms with Gasteiger partial charge in [-0.25, -0.2) is 4.79 Å². The monoisotopic (exact) mass is 497 g/mol. The number of ether oxygens (including phenoxy) is 2. The van der Waals surface area contributed by atoms with Gasteiger partial charge in [-0.15, -0.1) is 0 Å². The van der Waals surface area contributed by atoms with E-state index < -0.39 is 11.7 Å². The van der Waals surface area contributed by atoms with Gasteiger partial charge in [0.05, 0.1) is 0 Å². The van der Waals surface area contributed by atoms with Gasteiger partial charge in [-0.05, 0) is 62.4 Å². The van der Waals surface area contributed by atoms with Crippen LogP contribution in [0.3, 0.4) is 0 Å². The number of rotatable bonds is 9. The van der Waals surface area contributed by atoms with Crippen molar-refractivity contribution in [3.05, 3.63) is 59.2 Å². The number of hydrogen-bond donors (Lipinski definition) is 3. The molecule has 0 aliphatic carbocycles. The Kier molecular flexibility index (Phi) is 9.90. The van der Waals surface area contributed by atoms with E-state index in [0.717, 1.165) is 16.7 Å². The molecule has 0 spiro atoms. The second-order valence-electron chi connectivity index (χ2n) is 10.7. The Balaban J connectivity index is 1.76. The highest BCUT2D eigenvalue weighted by Gasteiger charge is 2.20. The first kappa shape index (κ1) is 28.7. The molecule has 0 saturated heterocycles. The van der Waals surface area contributed by atoms with Crippen LogP contribution in [0.1, 0.15) is 64.7 Å². The number of carbonyl (C=O) groups is 3. The number of carbonyl (C=O) groups excluding carboxylic acids is 3. The largest absolute Gasteiger partial charge is 0.483 e. The molecular weight excluding hydrogens is 458 g/mol. The highest BCUT2D eigenvalue weighted by atomic mass is 16.6. The summed E-state index contributed by atoms with van der Waals surface area (Å²) in [7, 11) is 0. The summed E-state index contributed by atoms with van der Waals surface area (Å²) in [5.41, 5.74) is 3.04. The van der Waals surface area contributed by atoms with Crippen molar-refractivity contribution in [2.75, 3.05) is 18.5 Å². The first-order valence-corrected chi connectivity index (χ1v) is 12.1. The Hall–Kier alpha value is -3.55. The number of nitrogens with one attached hydrogen (secondary N) is 3. The zero-order chi connectivity index (χ0) is 26.9. The molecule has 2 aromatic rings. The van der Waals surface area contributed by atoms with E-state index in [1.165, 1.54) is 0 Å². The van der Waals surface area contributed by atoms with E-state index in [0.29, 0.717) is 18.0 Å². The second-order valence-corrected chi connectivity index (χ2v) is 10.7. The third-order valence-corrected chi connectivity index (χ3v) is 5.05. The Morgan fingerprint density at radius 2 is 1.53 bits per heavy atom. The van der Waals surface area contributed by atoms with Crippen LogP contribution in [0.15, 0.2) is 42.5 Å². The summed E-state index contributed by atoms with van der Waals surface area (Å²) >= 11 is 0. The summed E-state index contributed by atoms with van der Waals surface area (Å²) in [6.07, 6.45) is -0.405. The van der Waals surface area contributed by atoms with Crippen molar-refractivity contribution in [1.29, 1.82) is 0 Å². The van der Waals surface area contributed by atoms with Crippen LogP contribution in [-0.4, -0.2) is 36.7 Å². The van der Waals surface area contributed by atoms with E-state index >= 15 is 0 Å². The molecule has 8 nitrogen and oxygen atoms in total. The van der Waals surface area contributed by atoms with E-state index in [-0.39, 0.29) is 36.8 Å². The minimum absolute atomic E-state index is 0.0960. The van der Waals surface area contributed by atoms with Crippen molar-refractivity contribution in [3.8, 4) is 5.75 Å². The molecule has 0 saturated carbocycles. The van der Waals surface area contributed by atoms with Crippen molar-refractivity contribution in [2.45, 2.75) is 72.4 Å². The molecule has 2 aromatic carbocycles. The van der Waals surface area contributed by atoms with Crippen LogP contribution in [0.4, 0.5) is 10.5 Å². The average Bonchev–Trinajstić information content (AvgIpc) is 2.76. The molecule has 0 atom stereocenters. The van der Waals surface area contributed by atoms with E-state index in [1.807, 2.05) is 31.2 Å². The fourth-order valence-electron chi connectivity index (χ4n) is 3.28. The normalized spacial score (nSPS) is 11.4. The molecule has 2 rings (SSSR count). The quantitative estimate of drug-likeness (QED) is 0.460. The predicted molar refractivity (Wildman–Crippen MR) is 141 cm³/mol. The molecule has 8 heteroatoms. The number of hydrogen-bond acceptors (Lipinski definition) is 5. The van der Waals surface area contributed by atoms with Gasteiger partial charge in [-0.3, -0.25) is 9.59 Å². The smallest absolute Gasteiger partial charge is 0.407 e. The van der Waals surface area contributed by atoms with Gasteiger partial charge in [0, 0.05) is 25.2 Å². The van der Waals surface area contributed by atoms with E-state index in [2.05, 4.69) is 42.8 Å². The topological polar surface area (TPSA) is 106 Å². The second kappa shape index (κ2) is 12.4. The van der Waals surface area contributed by atoms with Crippen molar-refractivity contribution in [2.24, 2.45) is 0 Å². The van der Waals surface area contributed by atoms with Crippen LogP contribution in [-0.2, 0) is 26.3 Å². The standard InChI is InChI=1S/C28H39N3O5/c1-19-8-13-23(22(16-19)27(2,3)4)35-18-25(33)31-21-11-9-20(10-12-21)17-30-24(32)14-15-29-26(34)36-28(5,6)7/h8-13,16H,14-15,17-18H2,1-7H3,(H,29,34)(H,30,32)(H,31,33). The maximum absolute atomic E-state index is 12.4. The molecule has 3 N–H and O–H groups in total. The fourth-order valence-corrected chi connectivity index (χ4v) is 3.28. The lowest BCUT2D eigenvalue weighted by atomic mass is 9.85. The predicted octanol–water partition coefficient (Wildman–Crippen LogP) is 4.84. The molecular formula is C28H39N3O5. The van der Waals surface area contributed by atoms with Gasteiger partial charge in [0.2, 0.25) is 5.91 Å². The summed E-state index contributed by atoms with van der Waals surface area (Å²) < 4.78 is 10.9. The van der Waals surface area contributed by atoms with Crippen molar-refractivity contribution in [3.63, 3.8) is 0 Å². The van der Waals surface area contributed by atoms with Crippen LogP contribution in [0.5, 0.6) is 5.75 Å². The average molecular weight is 498 g/mol. The third-order valence-electron chi connectivity index (χ3n) is 5.05. The zero-order valence-electron chi connectivity index (χ0n) is 22.4. The third kappa shape index (κ3) is 10.4. The SMILES string of the molecule is Cc1ccc(OCC(=O)Nc2ccc(CNC(=O)CCNC(=O)OC(C)(C)C)cc2)c(C(C)(C)C)c1. The molecule has 0 radical (unpaired) electrons. The van der Waals surface area contributed by atoms with Crippen LogP contribution >= 0.6 is 0 Å². The number of anilines is 1. The lowest BCUT2D eigenvalue weighted by molar-refractivity contribution is -0.121. The summed E-state index contributed by atoms with van der Waals surface area (Å²) in [5.74, 6) is 0.260.